The third-order valence-corrected chi connectivity index (χ3v) is 2.16. The molecule has 13 heavy (non-hydrogen) atoms. The lowest BCUT2D eigenvalue weighted by Crippen LogP contribution is -2.25. The average Bonchev–Trinajstić information content (AvgIpc) is 2.10. The van der Waals surface area contributed by atoms with E-state index in [-0.39, 0.29) is 11.9 Å². The first-order valence-corrected chi connectivity index (χ1v) is 4.39. The Morgan fingerprint density at radius 3 is 2.77 bits per heavy atom. The molecule has 0 saturated carbocycles. The summed E-state index contributed by atoms with van der Waals surface area (Å²) in [5, 5.41) is 3.32. The molecular formula is C9H12ClFN2. The molecular weight excluding hydrogens is 191 g/mol. The first kappa shape index (κ1) is 10.4. The van der Waals surface area contributed by atoms with Gasteiger partial charge in [0, 0.05) is 23.2 Å². The van der Waals surface area contributed by atoms with Crippen LogP contribution in [0.15, 0.2) is 18.2 Å². The van der Waals surface area contributed by atoms with Gasteiger partial charge in [0.25, 0.3) is 0 Å². The van der Waals surface area contributed by atoms with E-state index in [0.717, 1.165) is 0 Å². The molecule has 1 unspecified atom stereocenters. The fourth-order valence-electron chi connectivity index (χ4n) is 1.18. The molecule has 0 radical (unpaired) electrons. The number of halogens is 2. The molecule has 0 heterocycles. The normalized spacial score (nSPS) is 12.9. The minimum Gasteiger partial charge on any atom is -0.329 e. The van der Waals surface area contributed by atoms with Crippen LogP contribution in [0, 0.1) is 5.82 Å². The summed E-state index contributed by atoms with van der Waals surface area (Å²) in [6.45, 7) is 0.356. The summed E-state index contributed by atoms with van der Waals surface area (Å²) in [5.41, 5.74) is 6.01. The summed E-state index contributed by atoms with van der Waals surface area (Å²) in [4.78, 5) is 0. The van der Waals surface area contributed by atoms with E-state index in [0.29, 0.717) is 17.1 Å². The third-order valence-electron chi connectivity index (χ3n) is 1.92. The Hall–Kier alpha value is -0.640. The molecule has 72 valence electrons. The SMILES string of the molecule is CNC(CN)c1ccc(Cl)cc1F. The van der Waals surface area contributed by atoms with Crippen LogP contribution in [0.3, 0.4) is 0 Å². The number of nitrogens with one attached hydrogen (secondary N) is 1. The molecule has 0 amide bonds. The van der Waals surface area contributed by atoms with Gasteiger partial charge in [-0.1, -0.05) is 17.7 Å². The Bertz CT molecular complexity index is 287. The van der Waals surface area contributed by atoms with Crippen LogP contribution in [0.4, 0.5) is 4.39 Å². The van der Waals surface area contributed by atoms with E-state index in [1.54, 1.807) is 19.2 Å². The third kappa shape index (κ3) is 2.40. The first-order valence-electron chi connectivity index (χ1n) is 4.01. The maximum Gasteiger partial charge on any atom is 0.129 e. The summed E-state index contributed by atoms with van der Waals surface area (Å²) in [6.07, 6.45) is 0. The average molecular weight is 203 g/mol. The van der Waals surface area contributed by atoms with Crippen LogP contribution in [0.5, 0.6) is 0 Å². The van der Waals surface area contributed by atoms with E-state index in [1.165, 1.54) is 6.07 Å². The molecule has 0 spiro atoms. The molecule has 1 aromatic carbocycles. The van der Waals surface area contributed by atoms with Gasteiger partial charge in [-0.05, 0) is 19.2 Å². The van der Waals surface area contributed by atoms with Crippen LogP contribution in [0.1, 0.15) is 11.6 Å². The second-order valence-corrected chi connectivity index (χ2v) is 3.18. The van der Waals surface area contributed by atoms with Crippen LogP contribution in [-0.4, -0.2) is 13.6 Å². The highest BCUT2D eigenvalue weighted by Gasteiger charge is 2.11. The van der Waals surface area contributed by atoms with E-state index in [2.05, 4.69) is 5.32 Å². The van der Waals surface area contributed by atoms with Crippen molar-refractivity contribution in [3.05, 3.63) is 34.6 Å². The fourth-order valence-corrected chi connectivity index (χ4v) is 1.34. The highest BCUT2D eigenvalue weighted by Crippen LogP contribution is 2.19. The molecule has 2 nitrogen and oxygen atoms in total. The molecule has 0 aliphatic carbocycles. The highest BCUT2D eigenvalue weighted by atomic mass is 35.5. The van der Waals surface area contributed by atoms with Crippen LogP contribution in [0.2, 0.25) is 5.02 Å². The van der Waals surface area contributed by atoms with Gasteiger partial charge in [0.2, 0.25) is 0 Å². The maximum absolute atomic E-state index is 13.3. The minimum absolute atomic E-state index is 0.155. The van der Waals surface area contributed by atoms with Gasteiger partial charge < -0.3 is 11.1 Å². The quantitative estimate of drug-likeness (QED) is 0.783. The van der Waals surface area contributed by atoms with Crippen molar-refractivity contribution in [3.63, 3.8) is 0 Å². The number of hydrogen-bond donors (Lipinski definition) is 2. The Labute approximate surface area is 81.9 Å². The summed E-state index contributed by atoms with van der Waals surface area (Å²) < 4.78 is 13.3. The van der Waals surface area contributed by atoms with Gasteiger partial charge in [-0.25, -0.2) is 4.39 Å². The number of nitrogens with two attached hydrogens (primary N) is 1. The predicted molar refractivity (Wildman–Crippen MR) is 52.3 cm³/mol. The summed E-state index contributed by atoms with van der Waals surface area (Å²) in [5.74, 6) is -0.322. The molecule has 4 heteroatoms. The summed E-state index contributed by atoms with van der Waals surface area (Å²) in [6, 6.07) is 4.43. The lowest BCUT2D eigenvalue weighted by molar-refractivity contribution is 0.542. The first-order chi connectivity index (χ1) is 6.19. The molecule has 0 aliphatic rings. The van der Waals surface area contributed by atoms with Crippen molar-refractivity contribution >= 4 is 11.6 Å². The van der Waals surface area contributed by atoms with Crippen molar-refractivity contribution in [3.8, 4) is 0 Å². The molecule has 0 fully saturated rings. The lowest BCUT2D eigenvalue weighted by Gasteiger charge is -2.14. The van der Waals surface area contributed by atoms with Gasteiger partial charge in [-0.2, -0.15) is 0 Å². The van der Waals surface area contributed by atoms with Crippen LogP contribution >= 0.6 is 11.6 Å². The Kier molecular flexibility index (Phi) is 3.66. The highest BCUT2D eigenvalue weighted by molar-refractivity contribution is 6.30. The van der Waals surface area contributed by atoms with Gasteiger partial charge in [-0.15, -0.1) is 0 Å². The monoisotopic (exact) mass is 202 g/mol. The number of rotatable bonds is 3. The van der Waals surface area contributed by atoms with E-state index in [9.17, 15) is 4.39 Å². The molecule has 0 aromatic heterocycles. The van der Waals surface area contributed by atoms with Gasteiger partial charge in [-0.3, -0.25) is 0 Å². The Morgan fingerprint density at radius 2 is 2.31 bits per heavy atom. The standard InChI is InChI=1S/C9H12ClFN2/c1-13-9(5-12)7-3-2-6(10)4-8(7)11/h2-4,9,13H,5,12H2,1H3. The molecule has 0 saturated heterocycles. The van der Waals surface area contributed by atoms with Crippen LogP contribution in [-0.2, 0) is 0 Å². The Balaban J connectivity index is 2.99. The van der Waals surface area contributed by atoms with Gasteiger partial charge in [0.15, 0.2) is 0 Å². The van der Waals surface area contributed by atoms with Gasteiger partial charge >= 0.3 is 0 Å². The van der Waals surface area contributed by atoms with Gasteiger partial charge in [0.1, 0.15) is 5.82 Å². The van der Waals surface area contributed by atoms with Crippen LogP contribution in [0.25, 0.3) is 0 Å². The maximum atomic E-state index is 13.3. The van der Waals surface area contributed by atoms with E-state index in [4.69, 9.17) is 17.3 Å². The zero-order valence-corrected chi connectivity index (χ0v) is 8.11. The second-order valence-electron chi connectivity index (χ2n) is 2.74. The second kappa shape index (κ2) is 4.56. The Morgan fingerprint density at radius 1 is 1.62 bits per heavy atom. The topological polar surface area (TPSA) is 38.0 Å². The number of benzene rings is 1. The fraction of sp³-hybridized carbons (Fsp3) is 0.333. The van der Waals surface area contributed by atoms with Crippen molar-refractivity contribution in [2.45, 2.75) is 6.04 Å². The van der Waals surface area contributed by atoms with Crippen molar-refractivity contribution in [1.29, 1.82) is 0 Å². The predicted octanol–water partition coefficient (Wildman–Crippen LogP) is 1.70. The molecule has 0 bridgehead atoms. The minimum atomic E-state index is -0.322. The number of likely N-dealkylation sites (N-methyl/N-ethyl adjacent to an activating group) is 1. The van der Waals surface area contributed by atoms with Crippen molar-refractivity contribution in [1.82, 2.24) is 5.32 Å². The molecule has 1 atom stereocenters. The molecule has 3 N–H and O–H groups in total. The number of hydrogen-bond acceptors (Lipinski definition) is 2. The van der Waals surface area contributed by atoms with E-state index in [1.807, 2.05) is 0 Å². The largest absolute Gasteiger partial charge is 0.329 e. The molecule has 1 rings (SSSR count). The van der Waals surface area contributed by atoms with Gasteiger partial charge in [0.05, 0.1) is 0 Å². The summed E-state index contributed by atoms with van der Waals surface area (Å²) >= 11 is 5.62. The molecule has 0 aliphatic heterocycles. The van der Waals surface area contributed by atoms with Crippen molar-refractivity contribution in [2.24, 2.45) is 5.73 Å². The van der Waals surface area contributed by atoms with Crippen molar-refractivity contribution < 1.29 is 4.39 Å². The zero-order valence-electron chi connectivity index (χ0n) is 7.35. The van der Waals surface area contributed by atoms with Crippen molar-refractivity contribution in [2.75, 3.05) is 13.6 Å². The molecule has 1 aromatic rings. The van der Waals surface area contributed by atoms with E-state index < -0.39 is 0 Å². The smallest absolute Gasteiger partial charge is 0.129 e. The summed E-state index contributed by atoms with van der Waals surface area (Å²) in [7, 11) is 1.74. The zero-order chi connectivity index (χ0) is 9.84. The van der Waals surface area contributed by atoms with E-state index >= 15 is 0 Å². The lowest BCUT2D eigenvalue weighted by atomic mass is 10.1. The van der Waals surface area contributed by atoms with Crippen LogP contribution < -0.4 is 11.1 Å².